The van der Waals surface area contributed by atoms with Crippen molar-refractivity contribution in [2.24, 2.45) is 0 Å². The number of carbonyl (C=O) groups is 2. The first-order chi connectivity index (χ1) is 14.5. The second-order valence-electron chi connectivity index (χ2n) is 6.39. The number of hydrogen-bond acceptors (Lipinski definition) is 5. The van der Waals surface area contributed by atoms with Gasteiger partial charge in [-0.25, -0.2) is 0 Å². The van der Waals surface area contributed by atoms with Crippen LogP contribution in [-0.4, -0.2) is 38.2 Å². The summed E-state index contributed by atoms with van der Waals surface area (Å²) in [7, 11) is 0. The zero-order valence-corrected chi connectivity index (χ0v) is 18.0. The molecular weight excluding hydrogens is 384 g/mol. The minimum Gasteiger partial charge on any atom is -0.490 e. The standard InChI is InChI=1S/C23H30N2O5/c1-5-12-24-22(26)16-10-9-11-18(13-16)25-23(27)17-14-19(28-6-2)21(30-8-4)20(15-17)29-7-3/h9-11,13-15H,5-8,12H2,1-4H3,(H,24,26)(H,25,27). The van der Waals surface area contributed by atoms with Crippen LogP contribution in [0, 0.1) is 0 Å². The summed E-state index contributed by atoms with van der Waals surface area (Å²) < 4.78 is 17.0. The maximum Gasteiger partial charge on any atom is 0.255 e. The molecule has 0 saturated heterocycles. The number of hydrogen-bond donors (Lipinski definition) is 2. The van der Waals surface area contributed by atoms with Gasteiger partial charge < -0.3 is 24.8 Å². The summed E-state index contributed by atoms with van der Waals surface area (Å²) in [5.74, 6) is 0.857. The first kappa shape index (κ1) is 23.1. The summed E-state index contributed by atoms with van der Waals surface area (Å²) in [4.78, 5) is 25.1. The van der Waals surface area contributed by atoms with Gasteiger partial charge in [-0.05, 0) is 57.5 Å². The monoisotopic (exact) mass is 414 g/mol. The predicted molar refractivity (Wildman–Crippen MR) is 117 cm³/mol. The highest BCUT2D eigenvalue weighted by Crippen LogP contribution is 2.39. The van der Waals surface area contributed by atoms with E-state index in [1.165, 1.54) is 0 Å². The summed E-state index contributed by atoms with van der Waals surface area (Å²) in [5, 5.41) is 5.65. The first-order valence-electron chi connectivity index (χ1n) is 10.3. The van der Waals surface area contributed by atoms with E-state index in [9.17, 15) is 9.59 Å². The Hall–Kier alpha value is -3.22. The minimum absolute atomic E-state index is 0.175. The van der Waals surface area contributed by atoms with E-state index < -0.39 is 0 Å². The van der Waals surface area contributed by atoms with Crippen LogP contribution in [0.3, 0.4) is 0 Å². The molecule has 0 heterocycles. The molecule has 0 bridgehead atoms. The topological polar surface area (TPSA) is 85.9 Å². The molecule has 2 aromatic rings. The van der Waals surface area contributed by atoms with Crippen molar-refractivity contribution in [3.05, 3.63) is 47.5 Å². The molecule has 0 saturated carbocycles. The largest absolute Gasteiger partial charge is 0.490 e. The Morgan fingerprint density at radius 3 is 2.00 bits per heavy atom. The van der Waals surface area contributed by atoms with E-state index >= 15 is 0 Å². The second-order valence-corrected chi connectivity index (χ2v) is 6.39. The van der Waals surface area contributed by atoms with Crippen molar-refractivity contribution in [2.75, 3.05) is 31.7 Å². The summed E-state index contributed by atoms with van der Waals surface area (Å²) in [6.45, 7) is 9.46. The van der Waals surface area contributed by atoms with Crippen molar-refractivity contribution in [2.45, 2.75) is 34.1 Å². The number of amides is 2. The fraction of sp³-hybridized carbons (Fsp3) is 0.391. The van der Waals surface area contributed by atoms with E-state index in [1.54, 1.807) is 36.4 Å². The van der Waals surface area contributed by atoms with Gasteiger partial charge in [-0.3, -0.25) is 9.59 Å². The third-order valence-corrected chi connectivity index (χ3v) is 4.09. The highest BCUT2D eigenvalue weighted by molar-refractivity contribution is 6.06. The third-order valence-electron chi connectivity index (χ3n) is 4.09. The van der Waals surface area contributed by atoms with Crippen molar-refractivity contribution in [1.82, 2.24) is 5.32 Å². The fourth-order valence-electron chi connectivity index (χ4n) is 2.80. The maximum absolute atomic E-state index is 12.9. The third kappa shape index (κ3) is 6.14. The zero-order chi connectivity index (χ0) is 21.9. The molecule has 2 aromatic carbocycles. The van der Waals surface area contributed by atoms with Crippen molar-refractivity contribution < 1.29 is 23.8 Å². The van der Waals surface area contributed by atoms with Gasteiger partial charge in [-0.15, -0.1) is 0 Å². The van der Waals surface area contributed by atoms with Gasteiger partial charge in [0, 0.05) is 23.4 Å². The van der Waals surface area contributed by atoms with Gasteiger partial charge in [0.05, 0.1) is 19.8 Å². The van der Waals surface area contributed by atoms with Crippen LogP contribution in [0.2, 0.25) is 0 Å². The second kappa shape index (κ2) is 11.7. The quantitative estimate of drug-likeness (QED) is 0.573. The van der Waals surface area contributed by atoms with Crippen LogP contribution in [-0.2, 0) is 0 Å². The molecule has 7 heteroatoms. The van der Waals surface area contributed by atoms with Gasteiger partial charge in [-0.1, -0.05) is 13.0 Å². The molecule has 2 rings (SSSR count). The summed E-state index contributed by atoms with van der Waals surface area (Å²) in [6.07, 6.45) is 0.851. The number of anilines is 1. The van der Waals surface area contributed by atoms with Crippen LogP contribution >= 0.6 is 0 Å². The van der Waals surface area contributed by atoms with Gasteiger partial charge in [-0.2, -0.15) is 0 Å². The van der Waals surface area contributed by atoms with Gasteiger partial charge in [0.15, 0.2) is 11.5 Å². The molecule has 0 spiro atoms. The lowest BCUT2D eigenvalue weighted by Crippen LogP contribution is -2.24. The van der Waals surface area contributed by atoms with Gasteiger partial charge in [0.2, 0.25) is 5.75 Å². The Kier molecular flexibility index (Phi) is 9.00. The van der Waals surface area contributed by atoms with E-state index in [1.807, 2.05) is 27.7 Å². The van der Waals surface area contributed by atoms with E-state index in [2.05, 4.69) is 10.6 Å². The highest BCUT2D eigenvalue weighted by atomic mass is 16.5. The summed E-state index contributed by atoms with van der Waals surface area (Å²) in [5.41, 5.74) is 1.37. The Morgan fingerprint density at radius 1 is 0.800 bits per heavy atom. The number of ether oxygens (including phenoxy) is 3. The Morgan fingerprint density at radius 2 is 1.43 bits per heavy atom. The molecule has 30 heavy (non-hydrogen) atoms. The van der Waals surface area contributed by atoms with E-state index in [0.29, 0.717) is 60.4 Å². The van der Waals surface area contributed by atoms with Crippen LogP contribution in [0.4, 0.5) is 5.69 Å². The van der Waals surface area contributed by atoms with Crippen LogP contribution in [0.5, 0.6) is 17.2 Å². The number of carbonyl (C=O) groups excluding carboxylic acids is 2. The molecule has 0 aliphatic heterocycles. The molecule has 2 N–H and O–H groups in total. The van der Waals surface area contributed by atoms with Crippen molar-refractivity contribution in [1.29, 1.82) is 0 Å². The van der Waals surface area contributed by atoms with Gasteiger partial charge in [0.25, 0.3) is 11.8 Å². The average molecular weight is 415 g/mol. The van der Waals surface area contributed by atoms with Gasteiger partial charge in [0.1, 0.15) is 0 Å². The summed E-state index contributed by atoms with van der Waals surface area (Å²) >= 11 is 0. The SMILES string of the molecule is CCCNC(=O)c1cccc(NC(=O)c2cc(OCC)c(OCC)c(OCC)c2)c1. The lowest BCUT2D eigenvalue weighted by Gasteiger charge is -2.17. The lowest BCUT2D eigenvalue weighted by molar-refractivity contribution is 0.0952. The van der Waals surface area contributed by atoms with Crippen molar-refractivity contribution in [3.63, 3.8) is 0 Å². The average Bonchev–Trinajstić information content (AvgIpc) is 2.74. The molecule has 7 nitrogen and oxygen atoms in total. The number of benzene rings is 2. The minimum atomic E-state index is -0.342. The van der Waals surface area contributed by atoms with Crippen LogP contribution in [0.1, 0.15) is 54.8 Å². The Balaban J connectivity index is 2.29. The Labute approximate surface area is 177 Å². The molecule has 0 atom stereocenters. The molecule has 0 aliphatic carbocycles. The van der Waals surface area contributed by atoms with E-state index in [4.69, 9.17) is 14.2 Å². The molecule has 162 valence electrons. The fourth-order valence-corrected chi connectivity index (χ4v) is 2.80. The van der Waals surface area contributed by atoms with E-state index in [0.717, 1.165) is 6.42 Å². The van der Waals surface area contributed by atoms with Crippen LogP contribution < -0.4 is 24.8 Å². The first-order valence-corrected chi connectivity index (χ1v) is 10.3. The summed E-state index contributed by atoms with van der Waals surface area (Å²) in [6, 6.07) is 10.1. The lowest BCUT2D eigenvalue weighted by atomic mass is 10.1. The zero-order valence-electron chi connectivity index (χ0n) is 18.0. The molecule has 0 radical (unpaired) electrons. The molecule has 0 aliphatic rings. The van der Waals surface area contributed by atoms with Crippen LogP contribution in [0.15, 0.2) is 36.4 Å². The maximum atomic E-state index is 12.9. The molecule has 2 amide bonds. The van der Waals surface area contributed by atoms with Crippen LogP contribution in [0.25, 0.3) is 0 Å². The smallest absolute Gasteiger partial charge is 0.255 e. The molecule has 0 unspecified atom stereocenters. The number of rotatable bonds is 11. The van der Waals surface area contributed by atoms with Crippen molar-refractivity contribution >= 4 is 17.5 Å². The molecule has 0 fully saturated rings. The normalized spacial score (nSPS) is 10.3. The highest BCUT2D eigenvalue weighted by Gasteiger charge is 2.18. The molecular formula is C23H30N2O5. The van der Waals surface area contributed by atoms with Crippen molar-refractivity contribution in [3.8, 4) is 17.2 Å². The molecule has 0 aromatic heterocycles. The van der Waals surface area contributed by atoms with E-state index in [-0.39, 0.29) is 11.8 Å². The predicted octanol–water partition coefficient (Wildman–Crippen LogP) is 4.27. The Bertz CT molecular complexity index is 839. The number of nitrogens with one attached hydrogen (secondary N) is 2. The van der Waals surface area contributed by atoms with Gasteiger partial charge >= 0.3 is 0 Å².